The minimum absolute atomic E-state index is 0.0676. The number of benzene rings is 2. The van der Waals surface area contributed by atoms with Gasteiger partial charge >= 0.3 is 0 Å². The number of rotatable bonds is 5. The largest absolute Gasteiger partial charge is 0.358 e. The topological polar surface area (TPSA) is 68.2 Å². The molecule has 3 aromatic rings. The number of para-hydroxylation sites is 1. The molecule has 0 atom stereocenters. The van der Waals surface area contributed by atoms with Gasteiger partial charge in [0.25, 0.3) is 0 Å². The van der Waals surface area contributed by atoms with E-state index in [1.807, 2.05) is 30.3 Å². The normalized spacial score (nSPS) is 11.5. The first-order chi connectivity index (χ1) is 11.5. The quantitative estimate of drug-likeness (QED) is 0.774. The third-order valence-electron chi connectivity index (χ3n) is 3.88. The third-order valence-corrected chi connectivity index (χ3v) is 5.59. The summed E-state index contributed by atoms with van der Waals surface area (Å²) in [5.74, 6) is -0.246. The van der Waals surface area contributed by atoms with E-state index >= 15 is 0 Å². The van der Waals surface area contributed by atoms with Gasteiger partial charge in [-0.05, 0) is 11.6 Å². The minimum atomic E-state index is -3.51. The van der Waals surface area contributed by atoms with E-state index in [4.69, 9.17) is 0 Å². The van der Waals surface area contributed by atoms with Gasteiger partial charge in [0.2, 0.25) is 5.91 Å². The molecular weight excluding hydrogens is 324 g/mol. The summed E-state index contributed by atoms with van der Waals surface area (Å²) in [6, 6.07) is 16.3. The molecule has 0 unspecified atom stereocenters. The van der Waals surface area contributed by atoms with Gasteiger partial charge in [-0.1, -0.05) is 48.5 Å². The number of carbonyl (C=O) groups is 1. The summed E-state index contributed by atoms with van der Waals surface area (Å²) >= 11 is 0. The van der Waals surface area contributed by atoms with Crippen molar-refractivity contribution in [3.8, 4) is 0 Å². The van der Waals surface area contributed by atoms with E-state index in [1.54, 1.807) is 42.1 Å². The monoisotopic (exact) mass is 342 g/mol. The fourth-order valence-corrected chi connectivity index (χ4v) is 4.28. The Labute approximate surface area is 140 Å². The van der Waals surface area contributed by atoms with Crippen LogP contribution in [0, 0.1) is 0 Å². The number of hydrogen-bond acceptors (Lipinski definition) is 3. The molecule has 5 nitrogen and oxygen atoms in total. The van der Waals surface area contributed by atoms with Crippen LogP contribution in [0.4, 0.5) is 0 Å². The Morgan fingerprint density at radius 3 is 2.42 bits per heavy atom. The van der Waals surface area contributed by atoms with Crippen molar-refractivity contribution in [2.24, 2.45) is 0 Å². The molecular formula is C18H18N2O3S. The number of nitrogens with zero attached hydrogens (tertiary/aromatic N) is 1. The smallest absolute Gasteiger partial charge is 0.239 e. The molecule has 0 saturated heterocycles. The van der Waals surface area contributed by atoms with Crippen molar-refractivity contribution in [3.63, 3.8) is 0 Å². The maximum Gasteiger partial charge on any atom is 0.239 e. The van der Waals surface area contributed by atoms with Crippen molar-refractivity contribution in [1.29, 1.82) is 0 Å². The van der Waals surface area contributed by atoms with Crippen LogP contribution >= 0.6 is 0 Å². The molecule has 0 spiro atoms. The van der Waals surface area contributed by atoms with Crippen molar-refractivity contribution < 1.29 is 13.2 Å². The number of nitrogens with one attached hydrogen (secondary N) is 1. The predicted octanol–water partition coefficient (Wildman–Crippen LogP) is 2.36. The lowest BCUT2D eigenvalue weighted by molar-refractivity contribution is -0.121. The van der Waals surface area contributed by atoms with Gasteiger partial charge < -0.3 is 9.88 Å². The Bertz CT molecular complexity index is 976. The first-order valence-electron chi connectivity index (χ1n) is 7.56. The third kappa shape index (κ3) is 3.19. The molecule has 0 radical (unpaired) electrons. The van der Waals surface area contributed by atoms with Gasteiger partial charge in [-0.25, -0.2) is 8.42 Å². The summed E-state index contributed by atoms with van der Waals surface area (Å²) < 4.78 is 27.4. The predicted molar refractivity (Wildman–Crippen MR) is 93.3 cm³/mol. The highest BCUT2D eigenvalue weighted by molar-refractivity contribution is 7.90. The summed E-state index contributed by atoms with van der Waals surface area (Å²) in [5.41, 5.74) is 1.47. The second-order valence-corrected chi connectivity index (χ2v) is 7.51. The highest BCUT2D eigenvalue weighted by Gasteiger charge is 2.22. The summed E-state index contributed by atoms with van der Waals surface area (Å²) in [5, 5.41) is 3.19. The van der Waals surface area contributed by atoms with Gasteiger partial charge in [0.15, 0.2) is 9.84 Å². The zero-order chi connectivity index (χ0) is 17.2. The number of amides is 1. The van der Waals surface area contributed by atoms with Crippen LogP contribution in [0.5, 0.6) is 0 Å². The van der Waals surface area contributed by atoms with Crippen LogP contribution in [-0.4, -0.2) is 25.9 Å². The van der Waals surface area contributed by atoms with E-state index in [0.717, 1.165) is 11.1 Å². The first kappa shape index (κ1) is 16.3. The second kappa shape index (κ2) is 6.49. The second-order valence-electron chi connectivity index (χ2n) is 5.56. The SMILES string of the molecule is CNC(=O)Cn1cc(S(=O)(=O)Cc2ccccc2)c2ccccc21. The van der Waals surface area contributed by atoms with Crippen LogP contribution in [0.15, 0.2) is 65.7 Å². The van der Waals surface area contributed by atoms with Crippen molar-refractivity contribution in [3.05, 3.63) is 66.4 Å². The van der Waals surface area contributed by atoms with Crippen LogP contribution in [0.1, 0.15) is 5.56 Å². The molecule has 124 valence electrons. The van der Waals surface area contributed by atoms with Crippen LogP contribution < -0.4 is 5.32 Å². The molecule has 6 heteroatoms. The zero-order valence-electron chi connectivity index (χ0n) is 13.3. The zero-order valence-corrected chi connectivity index (χ0v) is 14.1. The summed E-state index contributed by atoms with van der Waals surface area (Å²) in [4.78, 5) is 11.9. The number of likely N-dealkylation sites (N-methyl/N-ethyl adjacent to an activating group) is 1. The fourth-order valence-electron chi connectivity index (χ4n) is 2.70. The molecule has 0 fully saturated rings. The molecule has 24 heavy (non-hydrogen) atoms. The molecule has 0 aliphatic heterocycles. The molecule has 0 aliphatic carbocycles. The molecule has 3 rings (SSSR count). The lowest BCUT2D eigenvalue weighted by atomic mass is 10.2. The molecule has 0 saturated carbocycles. The summed E-state index contributed by atoms with van der Waals surface area (Å²) in [7, 11) is -1.96. The Morgan fingerprint density at radius 2 is 1.71 bits per heavy atom. The highest BCUT2D eigenvalue weighted by Crippen LogP contribution is 2.28. The Balaban J connectivity index is 2.07. The lowest BCUT2D eigenvalue weighted by Crippen LogP contribution is -2.23. The Hall–Kier alpha value is -2.60. The maximum absolute atomic E-state index is 12.9. The van der Waals surface area contributed by atoms with Crippen LogP contribution in [0.3, 0.4) is 0 Å². The Kier molecular flexibility index (Phi) is 4.40. The number of carbonyl (C=O) groups excluding carboxylic acids is 1. The van der Waals surface area contributed by atoms with E-state index in [0.29, 0.717) is 5.39 Å². The lowest BCUT2D eigenvalue weighted by Gasteiger charge is -2.03. The highest BCUT2D eigenvalue weighted by atomic mass is 32.2. The van der Waals surface area contributed by atoms with E-state index in [9.17, 15) is 13.2 Å². The average molecular weight is 342 g/mol. The van der Waals surface area contributed by atoms with Crippen LogP contribution in [0.25, 0.3) is 10.9 Å². The van der Waals surface area contributed by atoms with E-state index in [2.05, 4.69) is 5.32 Å². The van der Waals surface area contributed by atoms with Gasteiger partial charge in [0.1, 0.15) is 6.54 Å². The molecule has 0 bridgehead atoms. The molecule has 1 N–H and O–H groups in total. The maximum atomic E-state index is 12.9. The standard InChI is InChI=1S/C18H18N2O3S/c1-19-18(21)12-20-11-17(15-9-5-6-10-16(15)20)24(22,23)13-14-7-3-2-4-8-14/h2-11H,12-13H2,1H3,(H,19,21). The minimum Gasteiger partial charge on any atom is -0.358 e. The van der Waals surface area contributed by atoms with E-state index < -0.39 is 9.84 Å². The number of hydrogen-bond donors (Lipinski definition) is 1. The van der Waals surface area contributed by atoms with Crippen LogP contribution in [-0.2, 0) is 26.9 Å². The van der Waals surface area contributed by atoms with E-state index in [-0.39, 0.29) is 23.1 Å². The van der Waals surface area contributed by atoms with Crippen molar-refractivity contribution in [2.75, 3.05) is 7.05 Å². The van der Waals surface area contributed by atoms with Crippen molar-refractivity contribution >= 4 is 26.6 Å². The number of aromatic nitrogens is 1. The van der Waals surface area contributed by atoms with Crippen molar-refractivity contribution in [2.45, 2.75) is 17.2 Å². The molecule has 2 aromatic carbocycles. The van der Waals surface area contributed by atoms with Crippen molar-refractivity contribution in [1.82, 2.24) is 9.88 Å². The summed E-state index contributed by atoms with van der Waals surface area (Å²) in [6.07, 6.45) is 1.55. The number of fused-ring (bicyclic) bond motifs is 1. The van der Waals surface area contributed by atoms with Crippen LogP contribution in [0.2, 0.25) is 0 Å². The fraction of sp³-hybridized carbons (Fsp3) is 0.167. The summed E-state index contributed by atoms with van der Waals surface area (Å²) in [6.45, 7) is 0.0812. The molecule has 1 amide bonds. The molecule has 1 aromatic heterocycles. The Morgan fingerprint density at radius 1 is 1.04 bits per heavy atom. The molecule has 0 aliphatic rings. The van der Waals surface area contributed by atoms with Gasteiger partial charge in [-0.15, -0.1) is 0 Å². The molecule has 1 heterocycles. The average Bonchev–Trinajstić information content (AvgIpc) is 2.95. The van der Waals surface area contributed by atoms with Gasteiger partial charge in [-0.2, -0.15) is 0 Å². The first-order valence-corrected chi connectivity index (χ1v) is 9.21. The van der Waals surface area contributed by atoms with Gasteiger partial charge in [0, 0.05) is 24.1 Å². The van der Waals surface area contributed by atoms with Gasteiger partial charge in [-0.3, -0.25) is 4.79 Å². The number of sulfone groups is 1. The van der Waals surface area contributed by atoms with Gasteiger partial charge in [0.05, 0.1) is 10.6 Å². The van der Waals surface area contributed by atoms with E-state index in [1.165, 1.54) is 0 Å².